The van der Waals surface area contributed by atoms with Crippen LogP contribution in [0.5, 0.6) is 5.75 Å². The molecular formula is C23H18F3NO5. The topological polar surface area (TPSA) is 87.1 Å². The van der Waals surface area contributed by atoms with Crippen molar-refractivity contribution in [1.29, 1.82) is 0 Å². The van der Waals surface area contributed by atoms with Gasteiger partial charge in [-0.05, 0) is 41.1 Å². The molecule has 1 atom stereocenters. The van der Waals surface area contributed by atoms with Crippen molar-refractivity contribution >= 4 is 28.3 Å². The number of nitrogens with zero attached hydrogens (tertiary/aromatic N) is 1. The first-order valence-corrected chi connectivity index (χ1v) is 9.69. The SMILES string of the molecule is Cc1c2c(c(OC(F)F)c3ccccc13)C(=O)N(c1ccc(CC(=O)O)c(F)c1)[C@@H]2CO. The number of aryl methyl sites for hydroxylation is 1. The van der Waals surface area contributed by atoms with E-state index in [2.05, 4.69) is 0 Å². The quantitative estimate of drug-likeness (QED) is 0.594. The van der Waals surface area contributed by atoms with Crippen LogP contribution in [-0.4, -0.2) is 35.3 Å². The number of amides is 1. The van der Waals surface area contributed by atoms with Gasteiger partial charge in [0.25, 0.3) is 5.91 Å². The number of aliphatic hydroxyl groups excluding tert-OH is 1. The lowest BCUT2D eigenvalue weighted by molar-refractivity contribution is -0.136. The van der Waals surface area contributed by atoms with E-state index in [1.54, 1.807) is 31.2 Å². The first-order valence-electron chi connectivity index (χ1n) is 9.69. The zero-order valence-electron chi connectivity index (χ0n) is 16.8. The smallest absolute Gasteiger partial charge is 0.387 e. The predicted octanol–water partition coefficient (Wildman–Crippen LogP) is 4.21. The number of hydrogen-bond donors (Lipinski definition) is 2. The van der Waals surface area contributed by atoms with Gasteiger partial charge in [0.2, 0.25) is 0 Å². The number of rotatable bonds is 6. The number of carbonyl (C=O) groups excluding carboxylic acids is 1. The van der Waals surface area contributed by atoms with E-state index in [1.165, 1.54) is 12.1 Å². The van der Waals surface area contributed by atoms with E-state index >= 15 is 0 Å². The standard InChI is InChI=1S/C23H18F3NO5/c1-11-14-4-2-3-5-15(14)21(32-23(25)26)20-19(11)17(10-28)27(22(20)31)13-7-6-12(8-18(29)30)16(24)9-13/h2-7,9,17,23,28H,8,10H2,1H3,(H,29,30)/t17-/m1/s1. The Balaban J connectivity index is 1.92. The van der Waals surface area contributed by atoms with Crippen molar-refractivity contribution in [3.63, 3.8) is 0 Å². The van der Waals surface area contributed by atoms with Crippen LogP contribution in [-0.2, 0) is 11.2 Å². The van der Waals surface area contributed by atoms with Gasteiger partial charge >= 0.3 is 12.6 Å². The number of alkyl halides is 2. The molecule has 0 fully saturated rings. The average molecular weight is 445 g/mol. The number of anilines is 1. The van der Waals surface area contributed by atoms with Crippen LogP contribution in [0.25, 0.3) is 10.8 Å². The van der Waals surface area contributed by atoms with Crippen LogP contribution in [0.1, 0.15) is 33.1 Å². The van der Waals surface area contributed by atoms with Gasteiger partial charge in [-0.2, -0.15) is 8.78 Å². The summed E-state index contributed by atoms with van der Waals surface area (Å²) in [4.78, 5) is 25.4. The summed E-state index contributed by atoms with van der Waals surface area (Å²) in [6.45, 7) is -2.03. The van der Waals surface area contributed by atoms with Gasteiger partial charge in [0.1, 0.15) is 11.6 Å². The molecule has 9 heteroatoms. The van der Waals surface area contributed by atoms with Gasteiger partial charge in [-0.15, -0.1) is 0 Å². The number of ether oxygens (including phenoxy) is 1. The normalized spacial score (nSPS) is 15.5. The third kappa shape index (κ3) is 3.44. The molecule has 166 valence electrons. The number of carboxylic acid groups (broad SMARTS) is 1. The van der Waals surface area contributed by atoms with Crippen LogP contribution >= 0.6 is 0 Å². The molecule has 0 aliphatic carbocycles. The van der Waals surface area contributed by atoms with E-state index in [0.29, 0.717) is 21.9 Å². The first-order chi connectivity index (χ1) is 15.2. The molecule has 0 bridgehead atoms. The number of aliphatic carboxylic acids is 1. The van der Waals surface area contributed by atoms with Crippen molar-refractivity contribution < 1.29 is 37.7 Å². The Bertz CT molecular complexity index is 1240. The Morgan fingerprint density at radius 3 is 2.47 bits per heavy atom. The van der Waals surface area contributed by atoms with Gasteiger partial charge in [-0.25, -0.2) is 4.39 Å². The summed E-state index contributed by atoms with van der Waals surface area (Å²) >= 11 is 0. The zero-order chi connectivity index (χ0) is 23.2. The van der Waals surface area contributed by atoms with Gasteiger partial charge in [-0.3, -0.25) is 14.5 Å². The maximum Gasteiger partial charge on any atom is 0.387 e. The molecule has 6 nitrogen and oxygen atoms in total. The lowest BCUT2D eigenvalue weighted by atomic mass is 9.92. The van der Waals surface area contributed by atoms with Crippen molar-refractivity contribution in [3.8, 4) is 5.75 Å². The summed E-state index contributed by atoms with van der Waals surface area (Å²) < 4.78 is 45.8. The van der Waals surface area contributed by atoms with E-state index in [4.69, 9.17) is 9.84 Å². The monoisotopic (exact) mass is 445 g/mol. The zero-order valence-corrected chi connectivity index (χ0v) is 16.8. The molecule has 4 rings (SSSR count). The molecule has 2 N–H and O–H groups in total. The predicted molar refractivity (Wildman–Crippen MR) is 110 cm³/mol. The van der Waals surface area contributed by atoms with Crippen molar-refractivity contribution in [2.24, 2.45) is 0 Å². The van der Waals surface area contributed by atoms with Crippen molar-refractivity contribution in [2.75, 3.05) is 11.5 Å². The highest BCUT2D eigenvalue weighted by molar-refractivity contribution is 6.17. The third-order valence-electron chi connectivity index (χ3n) is 5.59. The highest BCUT2D eigenvalue weighted by Crippen LogP contribution is 2.47. The van der Waals surface area contributed by atoms with Crippen LogP contribution in [0, 0.1) is 12.7 Å². The minimum absolute atomic E-state index is 0.0586. The molecule has 1 amide bonds. The summed E-state index contributed by atoms with van der Waals surface area (Å²) in [5, 5.41) is 19.9. The van der Waals surface area contributed by atoms with E-state index in [0.717, 1.165) is 11.0 Å². The van der Waals surface area contributed by atoms with E-state index in [1.807, 2.05) is 0 Å². The number of carbonyl (C=O) groups is 2. The van der Waals surface area contributed by atoms with Crippen LogP contribution in [0.15, 0.2) is 42.5 Å². The lowest BCUT2D eigenvalue weighted by Crippen LogP contribution is -2.30. The van der Waals surface area contributed by atoms with Crippen LogP contribution in [0.4, 0.5) is 18.9 Å². The average Bonchev–Trinajstić information content (AvgIpc) is 3.04. The fraction of sp³-hybridized carbons (Fsp3) is 0.217. The minimum atomic E-state index is -3.19. The Morgan fingerprint density at radius 2 is 1.88 bits per heavy atom. The van der Waals surface area contributed by atoms with Crippen LogP contribution in [0.2, 0.25) is 0 Å². The van der Waals surface area contributed by atoms with Gasteiger partial charge in [0.15, 0.2) is 0 Å². The summed E-state index contributed by atoms with van der Waals surface area (Å²) in [7, 11) is 0. The van der Waals surface area contributed by atoms with Gasteiger partial charge in [0.05, 0.1) is 24.6 Å². The van der Waals surface area contributed by atoms with Crippen LogP contribution in [0.3, 0.4) is 0 Å². The molecule has 3 aromatic carbocycles. The summed E-state index contributed by atoms with van der Waals surface area (Å²) in [6, 6.07) is 9.23. The molecule has 1 heterocycles. The number of hydrogen-bond acceptors (Lipinski definition) is 4. The minimum Gasteiger partial charge on any atom is -0.481 e. The molecule has 1 aliphatic rings. The largest absolute Gasteiger partial charge is 0.481 e. The number of aliphatic hydroxyl groups is 1. The van der Waals surface area contributed by atoms with Crippen molar-refractivity contribution in [3.05, 3.63) is 70.5 Å². The van der Waals surface area contributed by atoms with E-state index < -0.39 is 43.4 Å². The number of carboxylic acids is 1. The molecule has 1 aliphatic heterocycles. The Hall–Kier alpha value is -3.59. The summed E-state index contributed by atoms with van der Waals surface area (Å²) in [5.41, 5.74) is 0.797. The fourth-order valence-corrected chi connectivity index (χ4v) is 4.29. The van der Waals surface area contributed by atoms with Crippen molar-refractivity contribution in [1.82, 2.24) is 0 Å². The highest BCUT2D eigenvalue weighted by Gasteiger charge is 2.42. The second kappa shape index (κ2) is 8.16. The molecule has 0 saturated heterocycles. The maximum absolute atomic E-state index is 14.5. The van der Waals surface area contributed by atoms with Crippen molar-refractivity contribution in [2.45, 2.75) is 26.0 Å². The number of fused-ring (bicyclic) bond motifs is 2. The molecule has 0 spiro atoms. The maximum atomic E-state index is 14.5. The molecule has 3 aromatic rings. The Kier molecular flexibility index (Phi) is 5.52. The second-order valence-electron chi connectivity index (χ2n) is 7.39. The second-order valence-corrected chi connectivity index (χ2v) is 7.39. The van der Waals surface area contributed by atoms with Gasteiger partial charge in [0, 0.05) is 11.1 Å². The fourth-order valence-electron chi connectivity index (χ4n) is 4.29. The molecule has 0 unspecified atom stereocenters. The van der Waals surface area contributed by atoms with Gasteiger partial charge in [-0.1, -0.05) is 30.3 Å². The molecule has 0 radical (unpaired) electrons. The number of benzene rings is 3. The Labute approximate surface area is 180 Å². The molecular weight excluding hydrogens is 427 g/mol. The molecule has 0 aromatic heterocycles. The number of halogens is 3. The lowest BCUT2D eigenvalue weighted by Gasteiger charge is -2.25. The third-order valence-corrected chi connectivity index (χ3v) is 5.59. The summed E-state index contributed by atoms with van der Waals surface area (Å²) in [5.74, 6) is -3.08. The highest BCUT2D eigenvalue weighted by atomic mass is 19.3. The van der Waals surface area contributed by atoms with Crippen LogP contribution < -0.4 is 9.64 Å². The van der Waals surface area contributed by atoms with E-state index in [-0.39, 0.29) is 22.6 Å². The first kappa shape index (κ1) is 21.6. The van der Waals surface area contributed by atoms with E-state index in [9.17, 15) is 27.9 Å². The van der Waals surface area contributed by atoms with Gasteiger partial charge < -0.3 is 14.9 Å². The summed E-state index contributed by atoms with van der Waals surface area (Å²) in [6.07, 6.45) is -0.541. The molecule has 0 saturated carbocycles. The molecule has 32 heavy (non-hydrogen) atoms. The Morgan fingerprint density at radius 1 is 1.19 bits per heavy atom.